The zero-order valence-corrected chi connectivity index (χ0v) is 17.4. The third kappa shape index (κ3) is 4.45. The second-order valence-corrected chi connectivity index (χ2v) is 7.19. The van der Waals surface area contributed by atoms with Crippen LogP contribution in [0.1, 0.15) is 43.9 Å². The quantitative estimate of drug-likeness (QED) is 0.567. The standard InChI is InChI=1S/C23H26N4O2/c1-5-16-13-25-22(26-14-16)29-10-9-23(3,15-24)19-8-7-18-11-17(6-2)21(28-4)27-20(18)12-19/h7-8,11-14H,5-6,9-10H2,1-4H3. The lowest BCUT2D eigenvalue weighted by Crippen LogP contribution is -2.23. The van der Waals surface area contributed by atoms with Crippen LogP contribution in [-0.2, 0) is 18.3 Å². The maximum atomic E-state index is 9.88. The zero-order chi connectivity index (χ0) is 20.9. The number of nitrogens with zero attached hydrogens (tertiary/aromatic N) is 4. The van der Waals surface area contributed by atoms with Crippen molar-refractivity contribution in [3.8, 4) is 18.0 Å². The number of hydrogen-bond donors (Lipinski definition) is 0. The molecular formula is C23H26N4O2. The number of pyridine rings is 1. The van der Waals surface area contributed by atoms with Crippen molar-refractivity contribution >= 4 is 10.9 Å². The Balaban J connectivity index is 1.79. The third-order valence-corrected chi connectivity index (χ3v) is 5.24. The van der Waals surface area contributed by atoms with E-state index in [0.29, 0.717) is 24.9 Å². The first-order chi connectivity index (χ1) is 14.0. The smallest absolute Gasteiger partial charge is 0.316 e. The van der Waals surface area contributed by atoms with Gasteiger partial charge in [0, 0.05) is 29.8 Å². The van der Waals surface area contributed by atoms with Gasteiger partial charge in [0.15, 0.2) is 0 Å². The van der Waals surface area contributed by atoms with Crippen LogP contribution in [0.3, 0.4) is 0 Å². The summed E-state index contributed by atoms with van der Waals surface area (Å²) in [5, 5.41) is 10.9. The van der Waals surface area contributed by atoms with Crippen LogP contribution in [0.4, 0.5) is 0 Å². The molecule has 0 fully saturated rings. The van der Waals surface area contributed by atoms with Crippen LogP contribution in [-0.4, -0.2) is 28.7 Å². The van der Waals surface area contributed by atoms with Gasteiger partial charge in [-0.1, -0.05) is 26.0 Å². The lowest BCUT2D eigenvalue weighted by atomic mass is 9.81. The van der Waals surface area contributed by atoms with Gasteiger partial charge in [0.25, 0.3) is 0 Å². The molecule has 1 atom stereocenters. The van der Waals surface area contributed by atoms with E-state index >= 15 is 0 Å². The first kappa shape index (κ1) is 20.5. The molecule has 0 radical (unpaired) electrons. The summed E-state index contributed by atoms with van der Waals surface area (Å²) in [6.07, 6.45) is 5.77. The molecule has 2 heterocycles. The normalized spacial score (nSPS) is 12.9. The van der Waals surface area contributed by atoms with E-state index in [0.717, 1.165) is 40.4 Å². The SMILES string of the molecule is CCc1cnc(OCCC(C)(C#N)c2ccc3cc(CC)c(OC)nc3c2)nc1. The number of nitriles is 1. The highest BCUT2D eigenvalue weighted by Gasteiger charge is 2.27. The van der Waals surface area contributed by atoms with Crippen molar-refractivity contribution in [1.29, 1.82) is 5.26 Å². The molecule has 3 aromatic rings. The van der Waals surface area contributed by atoms with Crippen LogP contribution < -0.4 is 9.47 Å². The highest BCUT2D eigenvalue weighted by atomic mass is 16.5. The van der Waals surface area contributed by atoms with Crippen LogP contribution in [0.15, 0.2) is 36.7 Å². The molecule has 0 bridgehead atoms. The predicted octanol–water partition coefficient (Wildman–Crippen LogP) is 4.41. The molecular weight excluding hydrogens is 364 g/mol. The molecule has 3 rings (SSSR count). The van der Waals surface area contributed by atoms with Crippen molar-refractivity contribution in [3.63, 3.8) is 0 Å². The first-order valence-corrected chi connectivity index (χ1v) is 9.86. The van der Waals surface area contributed by atoms with E-state index < -0.39 is 5.41 Å². The molecule has 29 heavy (non-hydrogen) atoms. The van der Waals surface area contributed by atoms with E-state index in [4.69, 9.17) is 9.47 Å². The fourth-order valence-corrected chi connectivity index (χ4v) is 3.18. The molecule has 150 valence electrons. The molecule has 0 saturated carbocycles. The number of aryl methyl sites for hydroxylation is 2. The zero-order valence-electron chi connectivity index (χ0n) is 17.4. The number of hydrogen-bond acceptors (Lipinski definition) is 6. The van der Waals surface area contributed by atoms with E-state index in [1.807, 2.05) is 25.1 Å². The largest absolute Gasteiger partial charge is 0.481 e. The van der Waals surface area contributed by atoms with Crippen LogP contribution in [0.2, 0.25) is 0 Å². The van der Waals surface area contributed by atoms with Crippen LogP contribution in [0, 0.1) is 11.3 Å². The molecule has 0 amide bonds. The molecule has 1 unspecified atom stereocenters. The lowest BCUT2D eigenvalue weighted by molar-refractivity contribution is 0.264. The van der Waals surface area contributed by atoms with Gasteiger partial charge < -0.3 is 9.47 Å². The number of rotatable bonds is 8. The highest BCUT2D eigenvalue weighted by molar-refractivity contribution is 5.81. The van der Waals surface area contributed by atoms with Crippen molar-refractivity contribution in [1.82, 2.24) is 15.0 Å². The number of aromatic nitrogens is 3. The molecule has 0 aliphatic rings. The summed E-state index contributed by atoms with van der Waals surface area (Å²) in [7, 11) is 1.63. The van der Waals surface area contributed by atoms with Gasteiger partial charge in [0.2, 0.25) is 5.88 Å². The Bertz CT molecular complexity index is 1030. The minimum Gasteiger partial charge on any atom is -0.481 e. The van der Waals surface area contributed by atoms with E-state index in [9.17, 15) is 5.26 Å². The minimum absolute atomic E-state index is 0.333. The Kier molecular flexibility index (Phi) is 6.28. The van der Waals surface area contributed by atoms with E-state index in [1.165, 1.54) is 0 Å². The molecule has 0 aliphatic heterocycles. The Hall–Kier alpha value is -3.20. The molecule has 0 saturated heterocycles. The van der Waals surface area contributed by atoms with Gasteiger partial charge in [-0.2, -0.15) is 5.26 Å². The second kappa shape index (κ2) is 8.87. The molecule has 0 aliphatic carbocycles. The monoisotopic (exact) mass is 390 g/mol. The van der Waals surface area contributed by atoms with Crippen LogP contribution in [0.25, 0.3) is 10.9 Å². The van der Waals surface area contributed by atoms with Gasteiger partial charge in [-0.15, -0.1) is 0 Å². The maximum Gasteiger partial charge on any atom is 0.316 e. The van der Waals surface area contributed by atoms with Crippen molar-refractivity contribution < 1.29 is 9.47 Å². The fraction of sp³-hybridized carbons (Fsp3) is 0.391. The van der Waals surface area contributed by atoms with Gasteiger partial charge in [-0.25, -0.2) is 15.0 Å². The van der Waals surface area contributed by atoms with E-state index in [-0.39, 0.29) is 0 Å². The molecule has 0 N–H and O–H groups in total. The van der Waals surface area contributed by atoms with Crippen LogP contribution in [0.5, 0.6) is 11.9 Å². The number of ether oxygens (including phenoxy) is 2. The summed E-state index contributed by atoms with van der Waals surface area (Å²) in [5.41, 5.74) is 3.13. The predicted molar refractivity (Wildman–Crippen MR) is 112 cm³/mol. The summed E-state index contributed by atoms with van der Waals surface area (Å²) in [6, 6.07) is 10.8. The fourth-order valence-electron chi connectivity index (χ4n) is 3.18. The topological polar surface area (TPSA) is 80.9 Å². The Morgan fingerprint density at radius 1 is 1.10 bits per heavy atom. The van der Waals surface area contributed by atoms with Gasteiger partial charge >= 0.3 is 6.01 Å². The van der Waals surface area contributed by atoms with Crippen molar-refractivity contribution in [2.24, 2.45) is 0 Å². The summed E-state index contributed by atoms with van der Waals surface area (Å²) in [5.74, 6) is 0.631. The average Bonchev–Trinajstić information content (AvgIpc) is 2.77. The summed E-state index contributed by atoms with van der Waals surface area (Å²) in [6.45, 7) is 6.38. The highest BCUT2D eigenvalue weighted by Crippen LogP contribution is 2.31. The van der Waals surface area contributed by atoms with E-state index in [2.05, 4.69) is 40.9 Å². The Labute approximate surface area is 171 Å². The van der Waals surface area contributed by atoms with Gasteiger partial charge in [-0.05, 0) is 43.0 Å². The van der Waals surface area contributed by atoms with Crippen LogP contribution >= 0.6 is 0 Å². The summed E-state index contributed by atoms with van der Waals surface area (Å²) >= 11 is 0. The van der Waals surface area contributed by atoms with Gasteiger partial charge in [0.1, 0.15) is 0 Å². The minimum atomic E-state index is -0.712. The number of methoxy groups -OCH3 is 1. The van der Waals surface area contributed by atoms with Crippen molar-refractivity contribution in [2.45, 2.75) is 45.4 Å². The maximum absolute atomic E-state index is 9.88. The lowest BCUT2D eigenvalue weighted by Gasteiger charge is -2.22. The van der Waals surface area contributed by atoms with Crippen molar-refractivity contribution in [2.75, 3.05) is 13.7 Å². The molecule has 0 spiro atoms. The molecule has 6 nitrogen and oxygen atoms in total. The summed E-state index contributed by atoms with van der Waals surface area (Å²) in [4.78, 5) is 13.0. The van der Waals surface area contributed by atoms with E-state index in [1.54, 1.807) is 19.5 Å². The number of benzene rings is 1. The van der Waals surface area contributed by atoms with Gasteiger partial charge in [0.05, 0.1) is 30.7 Å². The summed E-state index contributed by atoms with van der Waals surface area (Å²) < 4.78 is 11.1. The molecule has 6 heteroatoms. The average molecular weight is 390 g/mol. The number of fused-ring (bicyclic) bond motifs is 1. The van der Waals surface area contributed by atoms with Gasteiger partial charge in [-0.3, -0.25) is 0 Å². The first-order valence-electron chi connectivity index (χ1n) is 9.86. The Morgan fingerprint density at radius 2 is 1.86 bits per heavy atom. The van der Waals surface area contributed by atoms with Crippen molar-refractivity contribution in [3.05, 3.63) is 53.3 Å². The Morgan fingerprint density at radius 3 is 2.48 bits per heavy atom. The second-order valence-electron chi connectivity index (χ2n) is 7.19. The third-order valence-electron chi connectivity index (χ3n) is 5.24. The molecule has 1 aromatic carbocycles. The molecule has 2 aromatic heterocycles.